The smallest absolute Gasteiger partial charge is 0.311 e. The van der Waals surface area contributed by atoms with Gasteiger partial charge in [-0.3, -0.25) is 14.9 Å². The molecule has 0 atom stereocenters. The number of nitrogens with one attached hydrogen (secondary N) is 1. The van der Waals surface area contributed by atoms with Crippen LogP contribution in [-0.2, 0) is 4.79 Å². The van der Waals surface area contributed by atoms with E-state index in [4.69, 9.17) is 16.3 Å². The maximum absolute atomic E-state index is 12.2. The summed E-state index contributed by atoms with van der Waals surface area (Å²) >= 11 is 5.77. The summed E-state index contributed by atoms with van der Waals surface area (Å²) in [6, 6.07) is 12.3. The van der Waals surface area contributed by atoms with Crippen LogP contribution in [0.1, 0.15) is 5.56 Å². The van der Waals surface area contributed by atoms with Crippen LogP contribution in [0.25, 0.3) is 6.08 Å². The van der Waals surface area contributed by atoms with Crippen LogP contribution in [0.3, 0.4) is 0 Å². The number of hydrogen-bond donors (Lipinski definition) is 1. The van der Waals surface area contributed by atoms with Gasteiger partial charge in [-0.2, -0.15) is 5.26 Å². The molecular weight excluding hydrogens is 346 g/mol. The minimum Gasteiger partial charge on any atom is -0.490 e. The third-order valence-corrected chi connectivity index (χ3v) is 3.43. The van der Waals surface area contributed by atoms with E-state index in [1.54, 1.807) is 30.3 Å². The number of nitro benzene ring substituents is 1. The van der Waals surface area contributed by atoms with Gasteiger partial charge in [0.25, 0.3) is 5.91 Å². The van der Waals surface area contributed by atoms with E-state index in [1.807, 2.05) is 0 Å². The topological polar surface area (TPSA) is 105 Å². The van der Waals surface area contributed by atoms with Gasteiger partial charge in [-0.05, 0) is 42.0 Å². The molecule has 0 fully saturated rings. The molecule has 0 unspecified atom stereocenters. The fourth-order valence-corrected chi connectivity index (χ4v) is 2.11. The predicted octanol–water partition coefficient (Wildman–Crippen LogP) is 3.80. The SMILES string of the molecule is COc1ccc(/C=C(/C#N)C(=O)Nc2ccc(Cl)cc2)cc1[N+](=O)[O-]. The highest BCUT2D eigenvalue weighted by Crippen LogP contribution is 2.28. The number of nitriles is 1. The quantitative estimate of drug-likeness (QED) is 0.379. The van der Waals surface area contributed by atoms with E-state index in [2.05, 4.69) is 5.32 Å². The highest BCUT2D eigenvalue weighted by molar-refractivity contribution is 6.30. The third-order valence-electron chi connectivity index (χ3n) is 3.18. The van der Waals surface area contributed by atoms with Crippen LogP contribution in [0.15, 0.2) is 48.0 Å². The molecule has 1 amide bonds. The summed E-state index contributed by atoms with van der Waals surface area (Å²) in [6.07, 6.45) is 1.26. The minimum atomic E-state index is -0.636. The molecule has 0 radical (unpaired) electrons. The van der Waals surface area contributed by atoms with Crippen molar-refractivity contribution in [1.82, 2.24) is 0 Å². The van der Waals surface area contributed by atoms with Crippen molar-refractivity contribution in [2.24, 2.45) is 0 Å². The van der Waals surface area contributed by atoms with E-state index in [0.717, 1.165) is 0 Å². The number of nitrogens with zero attached hydrogens (tertiary/aromatic N) is 2. The van der Waals surface area contributed by atoms with Gasteiger partial charge in [0.15, 0.2) is 5.75 Å². The molecule has 25 heavy (non-hydrogen) atoms. The molecule has 7 nitrogen and oxygen atoms in total. The van der Waals surface area contributed by atoms with Crippen molar-refractivity contribution in [2.75, 3.05) is 12.4 Å². The summed E-state index contributed by atoms with van der Waals surface area (Å²) in [4.78, 5) is 22.6. The number of anilines is 1. The number of ether oxygens (including phenoxy) is 1. The average Bonchev–Trinajstić information content (AvgIpc) is 2.61. The van der Waals surface area contributed by atoms with Gasteiger partial charge in [0, 0.05) is 16.8 Å². The Morgan fingerprint density at radius 3 is 2.56 bits per heavy atom. The van der Waals surface area contributed by atoms with Crippen molar-refractivity contribution in [1.29, 1.82) is 5.26 Å². The van der Waals surface area contributed by atoms with Crippen molar-refractivity contribution >= 4 is 35.0 Å². The lowest BCUT2D eigenvalue weighted by Crippen LogP contribution is -2.13. The molecule has 2 aromatic rings. The summed E-state index contributed by atoms with van der Waals surface area (Å²) < 4.78 is 4.91. The molecule has 0 aliphatic rings. The van der Waals surface area contributed by atoms with Crippen LogP contribution < -0.4 is 10.1 Å². The lowest BCUT2D eigenvalue weighted by molar-refractivity contribution is -0.385. The number of hydrogen-bond acceptors (Lipinski definition) is 5. The van der Waals surface area contributed by atoms with Gasteiger partial charge < -0.3 is 10.1 Å². The zero-order valence-electron chi connectivity index (χ0n) is 13.0. The van der Waals surface area contributed by atoms with E-state index in [-0.39, 0.29) is 17.0 Å². The molecule has 126 valence electrons. The second kappa shape index (κ2) is 7.95. The van der Waals surface area contributed by atoms with Crippen LogP contribution >= 0.6 is 11.6 Å². The summed E-state index contributed by atoms with van der Waals surface area (Å²) in [5.74, 6) is -0.547. The Hall–Kier alpha value is -3.37. The van der Waals surface area contributed by atoms with E-state index in [0.29, 0.717) is 16.3 Å². The maximum Gasteiger partial charge on any atom is 0.311 e. The first-order valence-corrected chi connectivity index (χ1v) is 7.33. The van der Waals surface area contributed by atoms with Gasteiger partial charge in [-0.15, -0.1) is 0 Å². The number of benzene rings is 2. The van der Waals surface area contributed by atoms with Crippen molar-refractivity contribution in [3.63, 3.8) is 0 Å². The van der Waals surface area contributed by atoms with Gasteiger partial charge in [0.05, 0.1) is 12.0 Å². The molecule has 0 bridgehead atoms. The molecule has 1 N–H and O–H groups in total. The fraction of sp³-hybridized carbons (Fsp3) is 0.0588. The zero-order valence-corrected chi connectivity index (χ0v) is 13.8. The van der Waals surface area contributed by atoms with E-state index in [9.17, 15) is 20.2 Å². The third kappa shape index (κ3) is 4.56. The van der Waals surface area contributed by atoms with Crippen molar-refractivity contribution < 1.29 is 14.5 Å². The zero-order chi connectivity index (χ0) is 18.4. The monoisotopic (exact) mass is 357 g/mol. The Bertz CT molecular complexity index is 886. The number of carbonyl (C=O) groups is 1. The van der Waals surface area contributed by atoms with E-state index >= 15 is 0 Å². The molecule has 0 spiro atoms. The van der Waals surface area contributed by atoms with E-state index in [1.165, 1.54) is 31.4 Å². The minimum absolute atomic E-state index is 0.0891. The van der Waals surface area contributed by atoms with Crippen molar-refractivity contribution in [3.05, 3.63) is 68.7 Å². The molecular formula is C17H12ClN3O4. The molecule has 0 aliphatic carbocycles. The number of rotatable bonds is 5. The largest absolute Gasteiger partial charge is 0.490 e. The van der Waals surface area contributed by atoms with Gasteiger partial charge in [0.1, 0.15) is 11.6 Å². The predicted molar refractivity (Wildman–Crippen MR) is 93.3 cm³/mol. The summed E-state index contributed by atoms with van der Waals surface area (Å²) in [5, 5.41) is 23.3. The molecule has 0 aliphatic heterocycles. The van der Waals surface area contributed by atoms with Gasteiger partial charge in [0.2, 0.25) is 0 Å². The van der Waals surface area contributed by atoms with Crippen LogP contribution in [-0.4, -0.2) is 17.9 Å². The van der Waals surface area contributed by atoms with Gasteiger partial charge in [-0.1, -0.05) is 17.7 Å². The highest BCUT2D eigenvalue weighted by Gasteiger charge is 2.16. The molecule has 0 heterocycles. The summed E-state index contributed by atoms with van der Waals surface area (Å²) in [7, 11) is 1.32. The normalized spacial score (nSPS) is 10.7. The lowest BCUT2D eigenvalue weighted by Gasteiger charge is -2.05. The van der Waals surface area contributed by atoms with Gasteiger partial charge in [-0.25, -0.2) is 0 Å². The van der Waals surface area contributed by atoms with Crippen LogP contribution in [0, 0.1) is 21.4 Å². The van der Waals surface area contributed by atoms with Crippen LogP contribution in [0.5, 0.6) is 5.75 Å². The molecule has 8 heteroatoms. The number of nitro groups is 1. The standard InChI is InChI=1S/C17H12ClN3O4/c1-25-16-7-2-11(9-15(16)21(23)24)8-12(10-19)17(22)20-14-5-3-13(18)4-6-14/h2-9H,1H3,(H,20,22)/b12-8-. The first kappa shape index (κ1) is 18.0. The molecule has 0 aromatic heterocycles. The average molecular weight is 358 g/mol. The molecule has 0 saturated carbocycles. The number of carbonyl (C=O) groups excluding carboxylic acids is 1. The Labute approximate surface area is 148 Å². The molecule has 0 saturated heterocycles. The Balaban J connectivity index is 2.29. The van der Waals surface area contributed by atoms with Crippen LogP contribution in [0.4, 0.5) is 11.4 Å². The van der Waals surface area contributed by atoms with Gasteiger partial charge >= 0.3 is 5.69 Å². The second-order valence-corrected chi connectivity index (χ2v) is 5.26. The highest BCUT2D eigenvalue weighted by atomic mass is 35.5. The molecule has 2 aromatic carbocycles. The fourth-order valence-electron chi connectivity index (χ4n) is 1.99. The lowest BCUT2D eigenvalue weighted by atomic mass is 10.1. The number of amides is 1. The Kier molecular flexibility index (Phi) is 5.71. The van der Waals surface area contributed by atoms with Crippen molar-refractivity contribution in [2.45, 2.75) is 0 Å². The van der Waals surface area contributed by atoms with E-state index < -0.39 is 10.8 Å². The maximum atomic E-state index is 12.2. The first-order valence-electron chi connectivity index (χ1n) is 6.95. The van der Waals surface area contributed by atoms with Crippen LogP contribution in [0.2, 0.25) is 5.02 Å². The summed E-state index contributed by atoms with van der Waals surface area (Å²) in [6.45, 7) is 0. The number of methoxy groups -OCH3 is 1. The Morgan fingerprint density at radius 1 is 1.32 bits per heavy atom. The second-order valence-electron chi connectivity index (χ2n) is 4.82. The van der Waals surface area contributed by atoms with Crippen molar-refractivity contribution in [3.8, 4) is 11.8 Å². The summed E-state index contributed by atoms with van der Waals surface area (Å²) in [5.41, 5.74) is 0.340. The molecule has 2 rings (SSSR count). The first-order chi connectivity index (χ1) is 11.9. The number of halogens is 1. The Morgan fingerprint density at radius 2 is 2.00 bits per heavy atom.